The lowest BCUT2D eigenvalue weighted by molar-refractivity contribution is -0.650. The SMILES string of the molecule is CN=C(N)C(=CNC)C(C)[NH2+]C. The Morgan fingerprint density at radius 3 is 2.58 bits per heavy atom. The molecular weight excluding hydrogens is 152 g/mol. The third-order valence-corrected chi connectivity index (χ3v) is 1.83. The van der Waals surface area contributed by atoms with Crippen molar-refractivity contribution in [2.45, 2.75) is 13.0 Å². The molecule has 0 saturated heterocycles. The van der Waals surface area contributed by atoms with Crippen LogP contribution in [0.3, 0.4) is 0 Å². The number of hydrogen-bond acceptors (Lipinski definition) is 2. The van der Waals surface area contributed by atoms with E-state index in [4.69, 9.17) is 5.73 Å². The molecule has 0 radical (unpaired) electrons. The van der Waals surface area contributed by atoms with Crippen molar-refractivity contribution in [3.05, 3.63) is 11.8 Å². The number of nitrogens with zero attached hydrogens (tertiary/aromatic N) is 1. The first-order valence-electron chi connectivity index (χ1n) is 4.06. The van der Waals surface area contributed by atoms with Crippen LogP contribution >= 0.6 is 0 Å². The Labute approximate surface area is 73.9 Å². The number of nitrogens with two attached hydrogens (primary N) is 2. The van der Waals surface area contributed by atoms with Gasteiger partial charge in [0.05, 0.1) is 12.6 Å². The summed E-state index contributed by atoms with van der Waals surface area (Å²) in [6.07, 6.45) is 1.88. The Kier molecular flexibility index (Phi) is 5.12. The molecule has 0 saturated carbocycles. The van der Waals surface area contributed by atoms with Crippen LogP contribution in [0.15, 0.2) is 16.8 Å². The van der Waals surface area contributed by atoms with Crippen LogP contribution in [0.5, 0.6) is 0 Å². The van der Waals surface area contributed by atoms with Gasteiger partial charge in [-0.05, 0) is 6.92 Å². The lowest BCUT2D eigenvalue weighted by Crippen LogP contribution is -2.86. The maximum atomic E-state index is 5.70. The molecule has 1 unspecified atom stereocenters. The maximum Gasteiger partial charge on any atom is 0.128 e. The predicted octanol–water partition coefficient (Wildman–Crippen LogP) is -1.34. The first-order chi connectivity index (χ1) is 5.67. The fourth-order valence-electron chi connectivity index (χ4n) is 0.903. The summed E-state index contributed by atoms with van der Waals surface area (Å²) in [5.74, 6) is 0.593. The van der Waals surface area contributed by atoms with E-state index in [1.54, 1.807) is 7.05 Å². The minimum Gasteiger partial charge on any atom is -0.393 e. The lowest BCUT2D eigenvalue weighted by atomic mass is 10.1. The van der Waals surface area contributed by atoms with Crippen LogP contribution in [0.2, 0.25) is 0 Å². The molecule has 1 atom stereocenters. The van der Waals surface area contributed by atoms with E-state index in [-0.39, 0.29) is 0 Å². The van der Waals surface area contributed by atoms with Gasteiger partial charge in [0.1, 0.15) is 11.9 Å². The summed E-state index contributed by atoms with van der Waals surface area (Å²) in [7, 11) is 5.56. The smallest absolute Gasteiger partial charge is 0.128 e. The number of aliphatic imine (C=N–C) groups is 1. The zero-order valence-electron chi connectivity index (χ0n) is 8.26. The van der Waals surface area contributed by atoms with Crippen LogP contribution < -0.4 is 16.4 Å². The normalized spacial score (nSPS) is 16.0. The van der Waals surface area contributed by atoms with Crippen LogP contribution in [-0.2, 0) is 0 Å². The fourth-order valence-corrected chi connectivity index (χ4v) is 0.903. The first-order valence-corrected chi connectivity index (χ1v) is 4.06. The van der Waals surface area contributed by atoms with E-state index in [2.05, 4.69) is 22.5 Å². The summed E-state index contributed by atoms with van der Waals surface area (Å²) >= 11 is 0. The Balaban J connectivity index is 4.55. The molecule has 0 amide bonds. The summed E-state index contributed by atoms with van der Waals surface area (Å²) in [5, 5.41) is 5.04. The summed E-state index contributed by atoms with van der Waals surface area (Å²) in [6.45, 7) is 2.08. The van der Waals surface area contributed by atoms with Gasteiger partial charge in [-0.1, -0.05) is 0 Å². The molecule has 12 heavy (non-hydrogen) atoms. The van der Waals surface area contributed by atoms with Gasteiger partial charge in [0, 0.05) is 20.3 Å². The van der Waals surface area contributed by atoms with Gasteiger partial charge < -0.3 is 16.4 Å². The third-order valence-electron chi connectivity index (χ3n) is 1.83. The second-order valence-corrected chi connectivity index (χ2v) is 2.62. The van der Waals surface area contributed by atoms with E-state index in [0.717, 1.165) is 5.57 Å². The van der Waals surface area contributed by atoms with Gasteiger partial charge in [0.25, 0.3) is 0 Å². The summed E-state index contributed by atoms with van der Waals surface area (Å²) in [5.41, 5.74) is 6.73. The molecule has 0 aromatic carbocycles. The van der Waals surface area contributed by atoms with E-state index < -0.39 is 0 Å². The molecule has 0 aliphatic rings. The van der Waals surface area contributed by atoms with E-state index in [9.17, 15) is 0 Å². The summed E-state index contributed by atoms with van der Waals surface area (Å²) in [4.78, 5) is 3.94. The molecular formula is C8H19N4+. The molecule has 70 valence electrons. The van der Waals surface area contributed by atoms with Crippen LogP contribution in [0.25, 0.3) is 0 Å². The second-order valence-electron chi connectivity index (χ2n) is 2.62. The Morgan fingerprint density at radius 2 is 2.25 bits per heavy atom. The molecule has 0 aromatic rings. The highest BCUT2D eigenvalue weighted by atomic mass is 14.9. The van der Waals surface area contributed by atoms with E-state index in [1.807, 2.05) is 20.3 Å². The first kappa shape index (κ1) is 11.0. The van der Waals surface area contributed by atoms with Crippen molar-refractivity contribution in [3.63, 3.8) is 0 Å². The molecule has 0 spiro atoms. The van der Waals surface area contributed by atoms with Crippen molar-refractivity contribution in [2.24, 2.45) is 10.7 Å². The lowest BCUT2D eigenvalue weighted by Gasteiger charge is -2.11. The summed E-state index contributed by atoms with van der Waals surface area (Å²) in [6, 6.07) is 0.334. The summed E-state index contributed by atoms with van der Waals surface area (Å²) < 4.78 is 0. The molecule has 0 fully saturated rings. The van der Waals surface area contributed by atoms with Gasteiger partial charge in [0.2, 0.25) is 0 Å². The average molecular weight is 171 g/mol. The van der Waals surface area contributed by atoms with Crippen molar-refractivity contribution in [1.29, 1.82) is 0 Å². The van der Waals surface area contributed by atoms with E-state index in [1.165, 1.54) is 0 Å². The molecule has 0 aliphatic heterocycles. The van der Waals surface area contributed by atoms with Gasteiger partial charge in [-0.2, -0.15) is 0 Å². The standard InChI is InChI=1S/C8H18N4/c1-6(11-3)7(5-10-2)8(9)12-4/h5-6,10-11H,1-4H3,(H2,9,12)/p+1. The van der Waals surface area contributed by atoms with E-state index in [0.29, 0.717) is 11.9 Å². The van der Waals surface area contributed by atoms with Crippen LogP contribution in [-0.4, -0.2) is 33.0 Å². The van der Waals surface area contributed by atoms with Crippen molar-refractivity contribution < 1.29 is 5.32 Å². The molecule has 0 heterocycles. The highest BCUT2D eigenvalue weighted by Crippen LogP contribution is 1.96. The van der Waals surface area contributed by atoms with Crippen LogP contribution in [0, 0.1) is 0 Å². The van der Waals surface area contributed by atoms with Crippen molar-refractivity contribution in [2.75, 3.05) is 21.1 Å². The molecule has 4 heteroatoms. The van der Waals surface area contributed by atoms with Gasteiger partial charge in [0.15, 0.2) is 0 Å². The largest absolute Gasteiger partial charge is 0.393 e. The third kappa shape index (κ3) is 2.92. The van der Waals surface area contributed by atoms with Crippen molar-refractivity contribution in [1.82, 2.24) is 5.32 Å². The zero-order chi connectivity index (χ0) is 9.56. The second kappa shape index (κ2) is 5.60. The van der Waals surface area contributed by atoms with E-state index >= 15 is 0 Å². The quantitative estimate of drug-likeness (QED) is 0.362. The average Bonchev–Trinajstić information content (AvgIpc) is 2.11. The number of amidine groups is 1. The van der Waals surface area contributed by atoms with Crippen molar-refractivity contribution >= 4 is 5.84 Å². The van der Waals surface area contributed by atoms with Gasteiger partial charge in [-0.15, -0.1) is 0 Å². The zero-order valence-corrected chi connectivity index (χ0v) is 8.26. The highest BCUT2D eigenvalue weighted by molar-refractivity contribution is 5.97. The monoisotopic (exact) mass is 171 g/mol. The molecule has 0 rings (SSSR count). The molecule has 4 nitrogen and oxygen atoms in total. The minimum atomic E-state index is 0.334. The van der Waals surface area contributed by atoms with Gasteiger partial charge in [-0.3, -0.25) is 4.99 Å². The molecule has 5 N–H and O–H groups in total. The number of nitrogens with one attached hydrogen (secondary N) is 1. The van der Waals surface area contributed by atoms with Gasteiger partial charge in [-0.25, -0.2) is 0 Å². The Bertz CT molecular complexity index is 183. The molecule has 0 aromatic heterocycles. The fraction of sp³-hybridized carbons (Fsp3) is 0.625. The van der Waals surface area contributed by atoms with Gasteiger partial charge >= 0.3 is 0 Å². The molecule has 0 aliphatic carbocycles. The maximum absolute atomic E-state index is 5.70. The van der Waals surface area contributed by atoms with Crippen LogP contribution in [0.4, 0.5) is 0 Å². The Morgan fingerprint density at radius 1 is 1.67 bits per heavy atom. The number of rotatable bonds is 4. The number of quaternary nitrogens is 1. The Hall–Kier alpha value is -1.03. The molecule has 0 bridgehead atoms. The predicted molar refractivity (Wildman–Crippen MR) is 52.0 cm³/mol. The van der Waals surface area contributed by atoms with Crippen molar-refractivity contribution in [3.8, 4) is 0 Å². The number of likely N-dealkylation sites (N-methyl/N-ethyl adjacent to an activating group) is 1. The highest BCUT2D eigenvalue weighted by Gasteiger charge is 2.12. The number of hydrogen-bond donors (Lipinski definition) is 3. The minimum absolute atomic E-state index is 0.334. The van der Waals surface area contributed by atoms with Crippen LogP contribution in [0.1, 0.15) is 6.92 Å². The topological polar surface area (TPSA) is 67.0 Å².